The van der Waals surface area contributed by atoms with Crippen molar-refractivity contribution < 1.29 is 4.79 Å². The van der Waals surface area contributed by atoms with Crippen molar-refractivity contribution in [2.45, 2.75) is 0 Å². The first-order valence-electron chi connectivity index (χ1n) is 8.20. The second-order valence-electron chi connectivity index (χ2n) is 5.73. The fourth-order valence-electron chi connectivity index (χ4n) is 2.51. The van der Waals surface area contributed by atoms with Gasteiger partial charge in [-0.05, 0) is 54.7 Å². The topological polar surface area (TPSA) is 44.4 Å². The van der Waals surface area contributed by atoms with Crippen LogP contribution in [0.25, 0.3) is 0 Å². The lowest BCUT2D eigenvalue weighted by Crippen LogP contribution is -2.26. The zero-order chi connectivity index (χ0) is 18.4. The lowest BCUT2D eigenvalue weighted by molar-refractivity contribution is 0.0993. The number of rotatable bonds is 4. The Balaban J connectivity index is 1.70. The van der Waals surface area contributed by atoms with Crippen molar-refractivity contribution in [2.75, 3.05) is 22.6 Å². The highest BCUT2D eigenvalue weighted by atomic mass is 32.1. The Bertz CT molecular complexity index is 897. The number of carbonyl (C=O) groups excluding carboxylic acids is 1. The number of benzene rings is 3. The first-order valence-corrected chi connectivity index (χ1v) is 8.60. The summed E-state index contributed by atoms with van der Waals surface area (Å²) in [6.07, 6.45) is 0. The zero-order valence-electron chi connectivity index (χ0n) is 14.3. The van der Waals surface area contributed by atoms with Gasteiger partial charge in [0.2, 0.25) is 0 Å². The van der Waals surface area contributed by atoms with Crippen LogP contribution in [0.15, 0.2) is 84.9 Å². The van der Waals surface area contributed by atoms with Crippen LogP contribution >= 0.6 is 12.2 Å². The highest BCUT2D eigenvalue weighted by Gasteiger charge is 2.13. The van der Waals surface area contributed by atoms with Gasteiger partial charge in [0.25, 0.3) is 5.91 Å². The third-order valence-electron chi connectivity index (χ3n) is 3.85. The minimum Gasteiger partial charge on any atom is -0.332 e. The molecule has 0 atom stereocenters. The van der Waals surface area contributed by atoms with E-state index in [0.29, 0.717) is 10.7 Å². The fourth-order valence-corrected chi connectivity index (χ4v) is 2.74. The maximum atomic E-state index is 12.7. The van der Waals surface area contributed by atoms with Gasteiger partial charge in [-0.1, -0.05) is 42.5 Å². The van der Waals surface area contributed by atoms with E-state index in [9.17, 15) is 4.79 Å². The summed E-state index contributed by atoms with van der Waals surface area (Å²) in [4.78, 5) is 14.3. The summed E-state index contributed by atoms with van der Waals surface area (Å²) >= 11 is 5.34. The van der Waals surface area contributed by atoms with Crippen molar-refractivity contribution >= 4 is 40.3 Å². The normalized spacial score (nSPS) is 10.0. The fraction of sp³-hybridized carbons (Fsp3) is 0.0476. The highest BCUT2D eigenvalue weighted by molar-refractivity contribution is 7.80. The smallest absolute Gasteiger partial charge is 0.258 e. The Morgan fingerprint density at radius 1 is 0.808 bits per heavy atom. The molecule has 3 rings (SSSR count). The molecule has 2 N–H and O–H groups in total. The van der Waals surface area contributed by atoms with E-state index in [0.717, 1.165) is 17.1 Å². The van der Waals surface area contributed by atoms with Crippen LogP contribution in [-0.2, 0) is 0 Å². The van der Waals surface area contributed by atoms with Crippen molar-refractivity contribution in [3.8, 4) is 0 Å². The van der Waals surface area contributed by atoms with E-state index < -0.39 is 0 Å². The van der Waals surface area contributed by atoms with Gasteiger partial charge in [-0.25, -0.2) is 0 Å². The van der Waals surface area contributed by atoms with Gasteiger partial charge in [0, 0.05) is 29.7 Å². The van der Waals surface area contributed by atoms with Crippen LogP contribution in [0.3, 0.4) is 0 Å². The average molecular weight is 361 g/mol. The van der Waals surface area contributed by atoms with E-state index in [1.807, 2.05) is 72.8 Å². The van der Waals surface area contributed by atoms with Gasteiger partial charge in [0.1, 0.15) is 0 Å². The quantitative estimate of drug-likeness (QED) is 0.657. The summed E-state index contributed by atoms with van der Waals surface area (Å²) < 4.78 is 0. The summed E-state index contributed by atoms with van der Waals surface area (Å²) in [5.41, 5.74) is 3.09. The minimum atomic E-state index is -0.0817. The molecule has 0 saturated heterocycles. The molecule has 4 nitrogen and oxygen atoms in total. The van der Waals surface area contributed by atoms with Crippen molar-refractivity contribution in [1.82, 2.24) is 0 Å². The van der Waals surface area contributed by atoms with Gasteiger partial charge < -0.3 is 15.5 Å². The van der Waals surface area contributed by atoms with E-state index in [-0.39, 0.29) is 5.91 Å². The first kappa shape index (κ1) is 17.6. The van der Waals surface area contributed by atoms with Gasteiger partial charge in [0.15, 0.2) is 5.11 Å². The molecule has 1 amide bonds. The number of hydrogen-bond acceptors (Lipinski definition) is 2. The Morgan fingerprint density at radius 3 is 2.08 bits per heavy atom. The molecule has 0 saturated carbocycles. The minimum absolute atomic E-state index is 0.0817. The van der Waals surface area contributed by atoms with E-state index in [1.54, 1.807) is 24.1 Å². The molecule has 5 heteroatoms. The number of nitrogens with one attached hydrogen (secondary N) is 2. The number of nitrogens with zero attached hydrogens (tertiary/aromatic N) is 1. The predicted molar refractivity (Wildman–Crippen MR) is 112 cm³/mol. The summed E-state index contributed by atoms with van der Waals surface area (Å²) in [5, 5.41) is 6.70. The molecule has 26 heavy (non-hydrogen) atoms. The maximum Gasteiger partial charge on any atom is 0.258 e. The molecule has 130 valence electrons. The van der Waals surface area contributed by atoms with E-state index in [2.05, 4.69) is 10.6 Å². The third-order valence-corrected chi connectivity index (χ3v) is 4.05. The highest BCUT2D eigenvalue weighted by Crippen LogP contribution is 2.17. The SMILES string of the molecule is CN(C(=O)c1cccc(NC(=S)Nc2ccccc2)c1)c1ccccc1. The Hall–Kier alpha value is -3.18. The third kappa shape index (κ3) is 4.46. The lowest BCUT2D eigenvalue weighted by Gasteiger charge is -2.18. The van der Waals surface area contributed by atoms with Crippen LogP contribution in [0.2, 0.25) is 0 Å². The zero-order valence-corrected chi connectivity index (χ0v) is 15.2. The number of carbonyl (C=O) groups is 1. The molecular weight excluding hydrogens is 342 g/mol. The number of para-hydroxylation sites is 2. The number of thiocarbonyl (C=S) groups is 1. The van der Waals surface area contributed by atoms with Crippen LogP contribution in [0, 0.1) is 0 Å². The summed E-state index contributed by atoms with van der Waals surface area (Å²) in [5.74, 6) is -0.0817. The van der Waals surface area contributed by atoms with Crippen LogP contribution in [-0.4, -0.2) is 18.1 Å². The molecule has 3 aromatic carbocycles. The average Bonchev–Trinajstić information content (AvgIpc) is 2.68. The molecule has 0 unspecified atom stereocenters. The van der Waals surface area contributed by atoms with E-state index in [1.165, 1.54) is 0 Å². The lowest BCUT2D eigenvalue weighted by atomic mass is 10.1. The second kappa shape index (κ2) is 8.27. The Labute approximate surface area is 158 Å². The number of amides is 1. The molecule has 0 fully saturated rings. The summed E-state index contributed by atoms with van der Waals surface area (Å²) in [6, 6.07) is 26.5. The molecule has 0 bridgehead atoms. The molecule has 0 aliphatic carbocycles. The Morgan fingerprint density at radius 2 is 1.38 bits per heavy atom. The molecular formula is C21H19N3OS. The van der Waals surface area contributed by atoms with Gasteiger partial charge in [-0.3, -0.25) is 4.79 Å². The Kier molecular flexibility index (Phi) is 5.61. The largest absolute Gasteiger partial charge is 0.332 e. The van der Waals surface area contributed by atoms with Crippen molar-refractivity contribution in [1.29, 1.82) is 0 Å². The predicted octanol–water partition coefficient (Wildman–Crippen LogP) is 4.77. The summed E-state index contributed by atoms with van der Waals surface area (Å²) in [7, 11) is 1.76. The van der Waals surface area contributed by atoms with E-state index in [4.69, 9.17) is 12.2 Å². The van der Waals surface area contributed by atoms with Crippen LogP contribution in [0.5, 0.6) is 0 Å². The van der Waals surface area contributed by atoms with Crippen LogP contribution < -0.4 is 15.5 Å². The van der Waals surface area contributed by atoms with E-state index >= 15 is 0 Å². The molecule has 3 aromatic rings. The van der Waals surface area contributed by atoms with Crippen molar-refractivity contribution in [3.05, 3.63) is 90.5 Å². The molecule has 0 radical (unpaired) electrons. The molecule has 0 heterocycles. The van der Waals surface area contributed by atoms with Gasteiger partial charge in [-0.15, -0.1) is 0 Å². The molecule has 0 aliphatic rings. The van der Waals surface area contributed by atoms with Crippen molar-refractivity contribution in [2.24, 2.45) is 0 Å². The van der Waals surface area contributed by atoms with Crippen LogP contribution in [0.4, 0.5) is 17.1 Å². The summed E-state index contributed by atoms with van der Waals surface area (Å²) in [6.45, 7) is 0. The van der Waals surface area contributed by atoms with Gasteiger partial charge >= 0.3 is 0 Å². The van der Waals surface area contributed by atoms with Gasteiger partial charge in [0.05, 0.1) is 0 Å². The van der Waals surface area contributed by atoms with Crippen LogP contribution in [0.1, 0.15) is 10.4 Å². The molecule has 0 aliphatic heterocycles. The molecule has 0 aromatic heterocycles. The first-order chi connectivity index (χ1) is 12.6. The maximum absolute atomic E-state index is 12.7. The number of hydrogen-bond donors (Lipinski definition) is 2. The van der Waals surface area contributed by atoms with Crippen molar-refractivity contribution in [3.63, 3.8) is 0 Å². The second-order valence-corrected chi connectivity index (χ2v) is 6.13. The standard InChI is InChI=1S/C21H19N3OS/c1-24(19-13-6-3-7-14-19)20(25)16-9-8-12-18(15-16)23-21(26)22-17-10-4-2-5-11-17/h2-15H,1H3,(H2,22,23,26). The van der Waals surface area contributed by atoms with Gasteiger partial charge in [-0.2, -0.15) is 0 Å². The monoisotopic (exact) mass is 361 g/mol. The number of anilines is 3. The molecule has 0 spiro atoms.